The van der Waals surface area contributed by atoms with Crippen LogP contribution in [0.25, 0.3) is 10.8 Å². The molecular weight excluding hydrogens is 478 g/mol. The number of nitrogens with zero attached hydrogens (tertiary/aromatic N) is 2. The summed E-state index contributed by atoms with van der Waals surface area (Å²) in [5.74, 6) is 0.184. The summed E-state index contributed by atoms with van der Waals surface area (Å²) < 4.78 is 0. The number of unbranched alkanes of at least 4 members (excludes halogenated alkanes) is 1. The lowest BCUT2D eigenvalue weighted by molar-refractivity contribution is -0.121. The molecule has 0 bridgehead atoms. The van der Waals surface area contributed by atoms with Crippen LogP contribution in [0.3, 0.4) is 0 Å². The zero-order valence-electron chi connectivity index (χ0n) is 20.5. The molecule has 0 aromatic heterocycles. The minimum Gasteiger partial charge on any atom is -0.377 e. The second-order valence-corrected chi connectivity index (χ2v) is 11.0. The van der Waals surface area contributed by atoms with Gasteiger partial charge in [-0.1, -0.05) is 18.6 Å². The predicted octanol–water partition coefficient (Wildman–Crippen LogP) is 2.34. The van der Waals surface area contributed by atoms with Crippen LogP contribution in [-0.2, 0) is 4.79 Å². The quantitative estimate of drug-likeness (QED) is 0.272. The number of carbonyl (C=O) groups is 4. The van der Waals surface area contributed by atoms with Crippen LogP contribution >= 0.6 is 11.8 Å². The van der Waals surface area contributed by atoms with Crippen LogP contribution in [0, 0.1) is 0 Å². The van der Waals surface area contributed by atoms with E-state index in [-0.39, 0.29) is 48.9 Å². The van der Waals surface area contributed by atoms with Gasteiger partial charge < -0.3 is 20.9 Å². The summed E-state index contributed by atoms with van der Waals surface area (Å²) >= 11 is 1.87. The van der Waals surface area contributed by atoms with Gasteiger partial charge in [-0.15, -0.1) is 0 Å². The number of hydrogen-bond donors (Lipinski definition) is 3. The molecule has 2 fully saturated rings. The van der Waals surface area contributed by atoms with Gasteiger partial charge in [0.05, 0.1) is 12.1 Å². The number of amides is 5. The molecule has 3 atom stereocenters. The number of benzene rings is 2. The number of thioether (sulfide) groups is 1. The summed E-state index contributed by atoms with van der Waals surface area (Å²) in [6, 6.07) is 9.51. The number of nitrogens with one attached hydrogen (secondary N) is 3. The lowest BCUT2D eigenvalue weighted by atomic mass is 9.93. The number of rotatable bonds is 9. The molecule has 3 N–H and O–H groups in total. The summed E-state index contributed by atoms with van der Waals surface area (Å²) in [4.78, 5) is 53.3. The van der Waals surface area contributed by atoms with Crippen molar-refractivity contribution < 1.29 is 19.2 Å². The summed E-state index contributed by atoms with van der Waals surface area (Å²) in [6.45, 7) is 0.348. The van der Waals surface area contributed by atoms with Crippen LogP contribution < -0.4 is 20.9 Å². The summed E-state index contributed by atoms with van der Waals surface area (Å²) in [7, 11) is 3.86. The number of urea groups is 1. The molecule has 3 heterocycles. The highest BCUT2D eigenvalue weighted by atomic mass is 32.2. The van der Waals surface area contributed by atoms with Crippen LogP contribution in [-0.4, -0.2) is 78.9 Å². The molecule has 9 nitrogen and oxygen atoms in total. The average molecular weight is 510 g/mol. The molecular formula is C26H31N5O4S. The van der Waals surface area contributed by atoms with Gasteiger partial charge in [-0.3, -0.25) is 19.3 Å². The summed E-state index contributed by atoms with van der Waals surface area (Å²) in [5.41, 5.74) is 1.98. The van der Waals surface area contributed by atoms with Crippen LogP contribution in [0.1, 0.15) is 46.4 Å². The first-order valence-corrected chi connectivity index (χ1v) is 13.4. The molecule has 0 saturated carbocycles. The zero-order valence-corrected chi connectivity index (χ0v) is 21.3. The fraction of sp³-hybridized carbons (Fsp3) is 0.462. The van der Waals surface area contributed by atoms with Crippen molar-refractivity contribution in [3.05, 3.63) is 41.5 Å². The van der Waals surface area contributed by atoms with Crippen molar-refractivity contribution in [1.82, 2.24) is 20.9 Å². The van der Waals surface area contributed by atoms with Crippen LogP contribution in [0.4, 0.5) is 10.5 Å². The lowest BCUT2D eigenvalue weighted by Gasteiger charge is -2.28. The summed E-state index contributed by atoms with van der Waals surface area (Å²) in [6.07, 6.45) is 3.02. The second-order valence-electron chi connectivity index (χ2n) is 9.73. The molecule has 5 rings (SSSR count). The first kappa shape index (κ1) is 24.4. The molecule has 3 aliphatic rings. The van der Waals surface area contributed by atoms with Crippen LogP contribution in [0.15, 0.2) is 30.3 Å². The minimum absolute atomic E-state index is 0.0844. The largest absolute Gasteiger partial charge is 0.377 e. The Morgan fingerprint density at radius 2 is 1.86 bits per heavy atom. The Balaban J connectivity index is 1.11. The third-order valence-corrected chi connectivity index (χ3v) is 8.70. The Bertz CT molecular complexity index is 1210. The second kappa shape index (κ2) is 10.0. The molecule has 0 spiro atoms. The molecule has 0 aliphatic carbocycles. The van der Waals surface area contributed by atoms with Gasteiger partial charge in [0.1, 0.15) is 0 Å². The van der Waals surface area contributed by atoms with E-state index in [2.05, 4.69) is 16.0 Å². The van der Waals surface area contributed by atoms with Gasteiger partial charge in [0.15, 0.2) is 0 Å². The molecule has 2 aromatic rings. The summed E-state index contributed by atoms with van der Waals surface area (Å²) in [5, 5.41) is 10.7. The monoisotopic (exact) mass is 509 g/mol. The molecule has 3 aliphatic heterocycles. The smallest absolute Gasteiger partial charge is 0.315 e. The van der Waals surface area contributed by atoms with Gasteiger partial charge in [-0.2, -0.15) is 11.8 Å². The van der Waals surface area contributed by atoms with Crippen molar-refractivity contribution in [1.29, 1.82) is 0 Å². The number of imide groups is 1. The maximum Gasteiger partial charge on any atom is 0.315 e. The highest BCUT2D eigenvalue weighted by molar-refractivity contribution is 8.00. The van der Waals surface area contributed by atoms with Crippen molar-refractivity contribution in [3.8, 4) is 0 Å². The highest BCUT2D eigenvalue weighted by Gasteiger charge is 2.42. The van der Waals surface area contributed by atoms with E-state index in [9.17, 15) is 19.2 Å². The molecule has 0 unspecified atom stereocenters. The standard InChI is InChI=1S/C26H31N5O4S/c1-30(2)19-11-10-17-22-15(19)6-5-7-16(22)24(33)31(25(17)34)13-12-27-21(32)9-4-3-8-20-23-18(14-36-20)28-26(35)29-23/h5-7,10-11,18,20,23H,3-4,8-9,12-14H2,1-2H3,(H,27,32)(H2,28,29,35)/t18-,20-,23-/m0/s1. The van der Waals surface area contributed by atoms with E-state index in [1.54, 1.807) is 12.1 Å². The molecule has 2 aromatic carbocycles. The zero-order chi connectivity index (χ0) is 25.4. The van der Waals surface area contributed by atoms with Crippen molar-refractivity contribution in [3.63, 3.8) is 0 Å². The van der Waals surface area contributed by atoms with Crippen molar-refractivity contribution in [2.45, 2.75) is 43.0 Å². The van der Waals surface area contributed by atoms with E-state index < -0.39 is 0 Å². The molecule has 10 heteroatoms. The van der Waals surface area contributed by atoms with E-state index in [4.69, 9.17) is 0 Å². The van der Waals surface area contributed by atoms with Gasteiger partial charge in [0, 0.05) is 72.2 Å². The number of anilines is 1. The van der Waals surface area contributed by atoms with Gasteiger partial charge in [-0.05, 0) is 31.0 Å². The van der Waals surface area contributed by atoms with Crippen LogP contribution in [0.2, 0.25) is 0 Å². The van der Waals surface area contributed by atoms with E-state index in [1.807, 2.05) is 49.0 Å². The third kappa shape index (κ3) is 4.50. The normalized spacial score (nSPS) is 22.4. The van der Waals surface area contributed by atoms with E-state index in [0.29, 0.717) is 28.2 Å². The first-order valence-electron chi connectivity index (χ1n) is 12.4. The van der Waals surface area contributed by atoms with Gasteiger partial charge in [0.2, 0.25) is 5.91 Å². The third-order valence-electron chi connectivity index (χ3n) is 7.19. The number of hydrogen-bond acceptors (Lipinski definition) is 6. The Morgan fingerprint density at radius 3 is 2.64 bits per heavy atom. The Morgan fingerprint density at radius 1 is 1.08 bits per heavy atom. The molecule has 190 valence electrons. The molecule has 5 amide bonds. The van der Waals surface area contributed by atoms with Crippen molar-refractivity contribution in [2.75, 3.05) is 37.8 Å². The topological polar surface area (TPSA) is 111 Å². The first-order chi connectivity index (χ1) is 17.3. The SMILES string of the molecule is CN(C)c1ccc2c3c(cccc13)C(=O)N(CCNC(=O)CCCC[C@@H]1SC[C@@H]3NC(=O)N[C@@H]31)C2=O. The molecule has 36 heavy (non-hydrogen) atoms. The predicted molar refractivity (Wildman–Crippen MR) is 141 cm³/mol. The molecule has 0 radical (unpaired) electrons. The fourth-order valence-corrected chi connectivity index (χ4v) is 6.94. The molecule has 2 saturated heterocycles. The van der Waals surface area contributed by atoms with E-state index >= 15 is 0 Å². The number of carbonyl (C=O) groups excluding carboxylic acids is 4. The van der Waals surface area contributed by atoms with Crippen LogP contribution in [0.5, 0.6) is 0 Å². The van der Waals surface area contributed by atoms with E-state index in [1.165, 1.54) is 4.90 Å². The maximum absolute atomic E-state index is 13.2. The lowest BCUT2D eigenvalue weighted by Crippen LogP contribution is -2.44. The van der Waals surface area contributed by atoms with Crippen molar-refractivity contribution in [2.24, 2.45) is 0 Å². The van der Waals surface area contributed by atoms with Gasteiger partial charge in [0.25, 0.3) is 11.8 Å². The van der Waals surface area contributed by atoms with Crippen molar-refractivity contribution >= 4 is 52.0 Å². The Kier molecular flexibility index (Phi) is 6.79. The Labute approximate surface area is 214 Å². The van der Waals surface area contributed by atoms with Gasteiger partial charge >= 0.3 is 6.03 Å². The minimum atomic E-state index is -0.330. The number of fused-ring (bicyclic) bond motifs is 1. The highest BCUT2D eigenvalue weighted by Crippen LogP contribution is 2.35. The Hall–Kier alpha value is -3.27. The average Bonchev–Trinajstić information content (AvgIpc) is 3.41. The van der Waals surface area contributed by atoms with E-state index in [0.717, 1.165) is 36.1 Å². The fourth-order valence-electron chi connectivity index (χ4n) is 5.39. The maximum atomic E-state index is 13.2. The van der Waals surface area contributed by atoms with Gasteiger partial charge in [-0.25, -0.2) is 4.79 Å².